The van der Waals surface area contributed by atoms with Crippen LogP contribution >= 0.6 is 0 Å². The maximum atomic E-state index is 5.93. The van der Waals surface area contributed by atoms with Crippen LogP contribution in [-0.4, -0.2) is 50.9 Å². The zero-order valence-electron chi connectivity index (χ0n) is 14.9. The van der Waals surface area contributed by atoms with Crippen molar-refractivity contribution in [1.82, 2.24) is 10.2 Å². The van der Waals surface area contributed by atoms with Gasteiger partial charge >= 0.3 is 0 Å². The van der Waals surface area contributed by atoms with Gasteiger partial charge in [0.15, 0.2) is 0 Å². The second-order valence-corrected chi connectivity index (χ2v) is 6.84. The normalized spacial score (nSPS) is 16.2. The number of nitrogens with zero attached hydrogens (tertiary/aromatic N) is 1. The Morgan fingerprint density at radius 1 is 1.30 bits per heavy atom. The molecule has 1 saturated heterocycles. The van der Waals surface area contributed by atoms with Gasteiger partial charge in [0.1, 0.15) is 12.4 Å². The summed E-state index contributed by atoms with van der Waals surface area (Å²) in [5, 5.41) is 3.47. The highest BCUT2D eigenvalue weighted by atomic mass is 16.5. The molecule has 4 nitrogen and oxygen atoms in total. The Hall–Kier alpha value is -1.10. The quantitative estimate of drug-likeness (QED) is 0.758. The van der Waals surface area contributed by atoms with Gasteiger partial charge < -0.3 is 14.8 Å². The minimum atomic E-state index is 0.638. The predicted molar refractivity (Wildman–Crippen MR) is 95.0 cm³/mol. The van der Waals surface area contributed by atoms with E-state index < -0.39 is 0 Å². The lowest BCUT2D eigenvalue weighted by Crippen LogP contribution is -2.38. The Kier molecular flexibility index (Phi) is 7.86. The summed E-state index contributed by atoms with van der Waals surface area (Å²) in [5.41, 5.74) is 1.28. The van der Waals surface area contributed by atoms with Crippen molar-refractivity contribution < 1.29 is 9.47 Å². The number of rotatable bonds is 9. The Balaban J connectivity index is 1.70. The zero-order chi connectivity index (χ0) is 16.5. The van der Waals surface area contributed by atoms with Crippen LogP contribution in [0.4, 0.5) is 0 Å². The molecule has 2 rings (SSSR count). The first-order valence-corrected chi connectivity index (χ1v) is 8.85. The Morgan fingerprint density at radius 2 is 2.09 bits per heavy atom. The van der Waals surface area contributed by atoms with Crippen molar-refractivity contribution in [3.05, 3.63) is 29.8 Å². The van der Waals surface area contributed by atoms with Gasteiger partial charge in [-0.25, -0.2) is 0 Å². The highest BCUT2D eigenvalue weighted by Gasteiger charge is 2.17. The lowest BCUT2D eigenvalue weighted by molar-refractivity contribution is 0.0392. The average molecular weight is 320 g/mol. The van der Waals surface area contributed by atoms with Gasteiger partial charge in [0, 0.05) is 32.3 Å². The molecule has 0 atom stereocenters. The second-order valence-electron chi connectivity index (χ2n) is 6.84. The Labute approximate surface area is 141 Å². The number of ether oxygens (including phenoxy) is 2. The van der Waals surface area contributed by atoms with Crippen molar-refractivity contribution in [2.75, 3.05) is 40.0 Å². The Bertz CT molecular complexity index is 445. The van der Waals surface area contributed by atoms with Crippen LogP contribution in [0, 0.1) is 5.92 Å². The number of nitrogens with one attached hydrogen (secondary N) is 1. The minimum absolute atomic E-state index is 0.638. The van der Waals surface area contributed by atoms with Gasteiger partial charge in [0.25, 0.3) is 0 Å². The van der Waals surface area contributed by atoms with E-state index in [0.717, 1.165) is 58.0 Å². The molecule has 130 valence electrons. The third kappa shape index (κ3) is 6.90. The molecule has 1 heterocycles. The zero-order valence-corrected chi connectivity index (χ0v) is 14.9. The van der Waals surface area contributed by atoms with Crippen molar-refractivity contribution >= 4 is 0 Å². The molecule has 0 radical (unpaired) electrons. The van der Waals surface area contributed by atoms with Gasteiger partial charge in [0.05, 0.1) is 0 Å². The van der Waals surface area contributed by atoms with E-state index in [4.69, 9.17) is 9.47 Å². The molecule has 0 spiro atoms. The fourth-order valence-electron chi connectivity index (χ4n) is 2.87. The Morgan fingerprint density at radius 3 is 2.83 bits per heavy atom. The molecule has 1 aromatic rings. The highest BCUT2D eigenvalue weighted by molar-refractivity contribution is 5.28. The lowest BCUT2D eigenvalue weighted by Gasteiger charge is -2.31. The summed E-state index contributed by atoms with van der Waals surface area (Å²) in [5.74, 6) is 1.64. The standard InChI is InChI=1S/C19H32N2O2/c1-16(2)14-20-15-17-5-4-6-19(13-17)23-12-9-21(3)18-7-10-22-11-8-18/h4-6,13,16,18,20H,7-12,14-15H2,1-3H3. The van der Waals surface area contributed by atoms with Crippen LogP contribution in [0.25, 0.3) is 0 Å². The molecule has 0 aromatic heterocycles. The molecule has 1 fully saturated rings. The summed E-state index contributed by atoms with van der Waals surface area (Å²) in [6.45, 7) is 9.86. The van der Waals surface area contributed by atoms with E-state index in [2.05, 4.69) is 49.3 Å². The maximum absolute atomic E-state index is 5.93. The van der Waals surface area contributed by atoms with Crippen LogP contribution in [0.5, 0.6) is 5.75 Å². The first-order chi connectivity index (χ1) is 11.1. The summed E-state index contributed by atoms with van der Waals surface area (Å²) in [6, 6.07) is 9.04. The van der Waals surface area contributed by atoms with Crippen LogP contribution in [0.2, 0.25) is 0 Å². The number of likely N-dealkylation sites (N-methyl/N-ethyl adjacent to an activating group) is 1. The average Bonchev–Trinajstić information content (AvgIpc) is 2.56. The van der Waals surface area contributed by atoms with E-state index in [0.29, 0.717) is 12.0 Å². The topological polar surface area (TPSA) is 33.7 Å². The summed E-state index contributed by atoms with van der Waals surface area (Å²) in [7, 11) is 2.19. The molecule has 0 saturated carbocycles. The second kappa shape index (κ2) is 9.91. The minimum Gasteiger partial charge on any atom is -0.492 e. The van der Waals surface area contributed by atoms with E-state index >= 15 is 0 Å². The van der Waals surface area contributed by atoms with Gasteiger partial charge in [0.2, 0.25) is 0 Å². The van der Waals surface area contributed by atoms with Crippen molar-refractivity contribution in [1.29, 1.82) is 0 Å². The van der Waals surface area contributed by atoms with Crippen molar-refractivity contribution in [3.8, 4) is 5.75 Å². The summed E-state index contributed by atoms with van der Waals surface area (Å²) >= 11 is 0. The molecular formula is C19H32N2O2. The SMILES string of the molecule is CC(C)CNCc1cccc(OCCN(C)C2CCOCC2)c1. The van der Waals surface area contributed by atoms with Gasteiger partial charge in [-0.05, 0) is 50.0 Å². The molecule has 1 aliphatic rings. The van der Waals surface area contributed by atoms with Crippen LogP contribution in [0.3, 0.4) is 0 Å². The van der Waals surface area contributed by atoms with Crippen molar-refractivity contribution in [3.63, 3.8) is 0 Å². The number of hydrogen-bond acceptors (Lipinski definition) is 4. The maximum Gasteiger partial charge on any atom is 0.119 e. The smallest absolute Gasteiger partial charge is 0.119 e. The van der Waals surface area contributed by atoms with Gasteiger partial charge in [-0.15, -0.1) is 0 Å². The van der Waals surface area contributed by atoms with Gasteiger partial charge in [-0.3, -0.25) is 4.90 Å². The van der Waals surface area contributed by atoms with Crippen LogP contribution in [0.15, 0.2) is 24.3 Å². The van der Waals surface area contributed by atoms with E-state index in [9.17, 15) is 0 Å². The van der Waals surface area contributed by atoms with Gasteiger partial charge in [-0.2, -0.15) is 0 Å². The third-order valence-corrected chi connectivity index (χ3v) is 4.31. The summed E-state index contributed by atoms with van der Waals surface area (Å²) < 4.78 is 11.4. The lowest BCUT2D eigenvalue weighted by atomic mass is 10.1. The monoisotopic (exact) mass is 320 g/mol. The van der Waals surface area contributed by atoms with Crippen LogP contribution < -0.4 is 10.1 Å². The van der Waals surface area contributed by atoms with E-state index in [-0.39, 0.29) is 0 Å². The van der Waals surface area contributed by atoms with Crippen molar-refractivity contribution in [2.24, 2.45) is 5.92 Å². The number of benzene rings is 1. The molecule has 1 aliphatic heterocycles. The largest absolute Gasteiger partial charge is 0.492 e. The number of hydrogen-bond donors (Lipinski definition) is 1. The molecule has 0 bridgehead atoms. The van der Waals surface area contributed by atoms with Crippen LogP contribution in [-0.2, 0) is 11.3 Å². The van der Waals surface area contributed by atoms with Gasteiger partial charge in [-0.1, -0.05) is 26.0 Å². The molecule has 1 aromatic carbocycles. The predicted octanol–water partition coefficient (Wildman–Crippen LogP) is 2.92. The molecule has 0 aliphatic carbocycles. The molecule has 4 heteroatoms. The van der Waals surface area contributed by atoms with E-state index in [1.165, 1.54) is 5.56 Å². The van der Waals surface area contributed by atoms with E-state index in [1.807, 2.05) is 6.07 Å². The fourth-order valence-corrected chi connectivity index (χ4v) is 2.87. The first-order valence-electron chi connectivity index (χ1n) is 8.85. The highest BCUT2D eigenvalue weighted by Crippen LogP contribution is 2.15. The van der Waals surface area contributed by atoms with Crippen molar-refractivity contribution in [2.45, 2.75) is 39.3 Å². The first kappa shape index (κ1) is 18.2. The molecule has 1 N–H and O–H groups in total. The fraction of sp³-hybridized carbons (Fsp3) is 0.684. The molecular weight excluding hydrogens is 288 g/mol. The summed E-state index contributed by atoms with van der Waals surface area (Å²) in [6.07, 6.45) is 2.26. The molecule has 23 heavy (non-hydrogen) atoms. The van der Waals surface area contributed by atoms with Crippen LogP contribution in [0.1, 0.15) is 32.3 Å². The molecule has 0 unspecified atom stereocenters. The van der Waals surface area contributed by atoms with E-state index in [1.54, 1.807) is 0 Å². The molecule has 0 amide bonds. The summed E-state index contributed by atoms with van der Waals surface area (Å²) in [4.78, 5) is 2.40. The third-order valence-electron chi connectivity index (χ3n) is 4.31.